The number of nitrogens with one attached hydrogen (secondary N) is 1. The molecule has 1 aliphatic heterocycles. The van der Waals surface area contributed by atoms with Crippen LogP contribution < -0.4 is 19.7 Å². The molecule has 0 saturated heterocycles. The molecule has 9 nitrogen and oxygen atoms in total. The van der Waals surface area contributed by atoms with E-state index in [0.717, 1.165) is 30.6 Å². The minimum Gasteiger partial charge on any atom is -0.497 e. The van der Waals surface area contributed by atoms with Gasteiger partial charge in [-0.05, 0) is 55.3 Å². The molecule has 1 aromatic heterocycles. The van der Waals surface area contributed by atoms with Crippen LogP contribution in [0.25, 0.3) is 11.4 Å². The summed E-state index contributed by atoms with van der Waals surface area (Å²) in [5, 5.41) is 7.36. The lowest BCUT2D eigenvalue weighted by atomic mass is 10.2. The Morgan fingerprint density at radius 3 is 2.79 bits per heavy atom. The third kappa shape index (κ3) is 5.85. The minimum absolute atomic E-state index is 0.0777. The highest BCUT2D eigenvalue weighted by Gasteiger charge is 2.27. The topological polar surface area (TPSA) is 107 Å². The zero-order valence-corrected chi connectivity index (χ0v) is 19.5. The minimum atomic E-state index is -0.279. The molecule has 3 aromatic rings. The second kappa shape index (κ2) is 11.0. The van der Waals surface area contributed by atoms with E-state index in [4.69, 9.17) is 25.6 Å². The lowest BCUT2D eigenvalue weighted by Gasteiger charge is -2.29. The number of rotatable bonds is 10. The number of carbonyl (C=O) groups is 2. The van der Waals surface area contributed by atoms with Gasteiger partial charge in [-0.15, -0.1) is 0 Å². The summed E-state index contributed by atoms with van der Waals surface area (Å²) in [6, 6.07) is 12.5. The Morgan fingerprint density at radius 1 is 1.18 bits per heavy atom. The first-order chi connectivity index (χ1) is 16.5. The summed E-state index contributed by atoms with van der Waals surface area (Å²) in [6.45, 7) is 0.337. The highest BCUT2D eigenvalue weighted by atomic mass is 35.5. The molecule has 0 aliphatic carbocycles. The molecule has 2 heterocycles. The zero-order valence-electron chi connectivity index (χ0n) is 18.8. The summed E-state index contributed by atoms with van der Waals surface area (Å²) in [7, 11) is 1.62. The zero-order chi connectivity index (χ0) is 23.9. The number of hydrogen-bond acceptors (Lipinski definition) is 7. The van der Waals surface area contributed by atoms with Crippen molar-refractivity contribution in [3.8, 4) is 22.9 Å². The molecular weight excluding hydrogens is 460 g/mol. The molecule has 0 atom stereocenters. The quantitative estimate of drug-likeness (QED) is 0.437. The molecule has 2 aromatic carbocycles. The standard InChI is InChI=1S/C24H25ClN4O5/c1-32-18-9-6-16(7-10-18)24-27-22(34-28-24)5-3-2-4-12-26-21(30)14-29-19-13-17(25)8-11-20(19)33-15-23(29)31/h6-11,13H,2-5,12,14-15H2,1H3,(H,26,30). The van der Waals surface area contributed by atoms with Gasteiger partial charge in [-0.2, -0.15) is 4.98 Å². The average Bonchev–Trinajstić information content (AvgIpc) is 3.32. The van der Waals surface area contributed by atoms with Gasteiger partial charge in [0.1, 0.15) is 18.0 Å². The van der Waals surface area contributed by atoms with Gasteiger partial charge in [0.25, 0.3) is 5.91 Å². The highest BCUT2D eigenvalue weighted by molar-refractivity contribution is 6.31. The number of halogens is 1. The van der Waals surface area contributed by atoms with Crippen molar-refractivity contribution in [2.75, 3.05) is 31.7 Å². The maximum atomic E-state index is 12.4. The van der Waals surface area contributed by atoms with Crippen molar-refractivity contribution in [1.29, 1.82) is 0 Å². The lowest BCUT2D eigenvalue weighted by molar-refractivity contribution is -0.125. The SMILES string of the molecule is COc1ccc(-c2noc(CCCCCNC(=O)CN3C(=O)COc4ccc(Cl)cc43)n2)cc1. The number of carbonyl (C=O) groups excluding carboxylic acids is 2. The monoisotopic (exact) mass is 484 g/mol. The second-order valence-corrected chi connectivity index (χ2v) is 8.22. The number of unbranched alkanes of at least 4 members (excludes halogenated alkanes) is 2. The number of aryl methyl sites for hydroxylation is 1. The van der Waals surface area contributed by atoms with Gasteiger partial charge >= 0.3 is 0 Å². The first-order valence-corrected chi connectivity index (χ1v) is 11.4. The summed E-state index contributed by atoms with van der Waals surface area (Å²) in [6.07, 6.45) is 3.20. The van der Waals surface area contributed by atoms with Crippen LogP contribution in [0.1, 0.15) is 25.2 Å². The third-order valence-electron chi connectivity index (χ3n) is 5.37. The van der Waals surface area contributed by atoms with Crippen LogP contribution in [-0.4, -0.2) is 48.8 Å². The number of aromatic nitrogens is 2. The fourth-order valence-electron chi connectivity index (χ4n) is 3.57. The number of anilines is 1. The van der Waals surface area contributed by atoms with Crippen molar-refractivity contribution in [1.82, 2.24) is 15.5 Å². The second-order valence-electron chi connectivity index (χ2n) is 7.78. The molecule has 178 valence electrons. The van der Waals surface area contributed by atoms with Crippen LogP contribution in [0.15, 0.2) is 47.0 Å². The Labute approximate surface area is 202 Å². The van der Waals surface area contributed by atoms with Crippen molar-refractivity contribution in [2.45, 2.75) is 25.7 Å². The van der Waals surface area contributed by atoms with Crippen LogP contribution in [0, 0.1) is 0 Å². The molecule has 0 saturated carbocycles. The number of fused-ring (bicyclic) bond motifs is 1. The van der Waals surface area contributed by atoms with E-state index in [-0.39, 0.29) is 25.0 Å². The molecule has 34 heavy (non-hydrogen) atoms. The Morgan fingerprint density at radius 2 is 2.00 bits per heavy atom. The normalized spacial score (nSPS) is 12.8. The van der Waals surface area contributed by atoms with Gasteiger partial charge in [0.05, 0.1) is 12.8 Å². The largest absolute Gasteiger partial charge is 0.497 e. The third-order valence-corrected chi connectivity index (χ3v) is 5.61. The van der Waals surface area contributed by atoms with E-state index in [1.807, 2.05) is 24.3 Å². The molecule has 0 spiro atoms. The summed E-state index contributed by atoms with van der Waals surface area (Å²) >= 11 is 6.03. The molecule has 10 heteroatoms. The number of ether oxygens (including phenoxy) is 2. The number of benzene rings is 2. The fraction of sp³-hybridized carbons (Fsp3) is 0.333. The van der Waals surface area contributed by atoms with Crippen LogP contribution in [0.2, 0.25) is 5.02 Å². The number of methoxy groups -OCH3 is 1. The van der Waals surface area contributed by atoms with Crippen LogP contribution >= 0.6 is 11.6 Å². The molecule has 0 fully saturated rings. The van der Waals surface area contributed by atoms with Gasteiger partial charge in [-0.3, -0.25) is 14.5 Å². The highest BCUT2D eigenvalue weighted by Crippen LogP contribution is 2.34. The average molecular weight is 485 g/mol. The van der Waals surface area contributed by atoms with Gasteiger partial charge in [0.2, 0.25) is 17.6 Å². The van der Waals surface area contributed by atoms with E-state index in [1.54, 1.807) is 25.3 Å². The fourth-order valence-corrected chi connectivity index (χ4v) is 3.73. The number of nitrogens with zero attached hydrogens (tertiary/aromatic N) is 3. The molecule has 4 rings (SSSR count). The van der Waals surface area contributed by atoms with Gasteiger partial charge in [-0.1, -0.05) is 23.2 Å². The number of hydrogen-bond donors (Lipinski definition) is 1. The molecular formula is C24H25ClN4O5. The van der Waals surface area contributed by atoms with E-state index < -0.39 is 0 Å². The Bertz CT molecular complexity index is 1150. The van der Waals surface area contributed by atoms with Gasteiger partial charge < -0.3 is 19.3 Å². The Balaban J connectivity index is 1.17. The van der Waals surface area contributed by atoms with Crippen LogP contribution in [-0.2, 0) is 16.0 Å². The van der Waals surface area contributed by atoms with Crippen molar-refractivity contribution in [3.63, 3.8) is 0 Å². The van der Waals surface area contributed by atoms with E-state index in [0.29, 0.717) is 41.1 Å². The predicted octanol–water partition coefficient (Wildman–Crippen LogP) is 3.65. The summed E-state index contributed by atoms with van der Waals surface area (Å²) in [4.78, 5) is 30.4. The predicted molar refractivity (Wildman–Crippen MR) is 126 cm³/mol. The molecule has 2 amide bonds. The van der Waals surface area contributed by atoms with E-state index in [9.17, 15) is 9.59 Å². The van der Waals surface area contributed by atoms with Crippen molar-refractivity contribution < 1.29 is 23.6 Å². The van der Waals surface area contributed by atoms with E-state index in [2.05, 4.69) is 15.5 Å². The maximum absolute atomic E-state index is 12.4. The van der Waals surface area contributed by atoms with Crippen LogP contribution in [0.5, 0.6) is 11.5 Å². The van der Waals surface area contributed by atoms with Crippen molar-refractivity contribution >= 4 is 29.1 Å². The molecule has 0 bridgehead atoms. The smallest absolute Gasteiger partial charge is 0.265 e. The maximum Gasteiger partial charge on any atom is 0.265 e. The first kappa shape index (κ1) is 23.6. The van der Waals surface area contributed by atoms with E-state index >= 15 is 0 Å². The van der Waals surface area contributed by atoms with Gasteiger partial charge in [0, 0.05) is 23.6 Å². The van der Waals surface area contributed by atoms with Gasteiger partial charge in [-0.25, -0.2) is 0 Å². The molecule has 1 N–H and O–H groups in total. The van der Waals surface area contributed by atoms with Crippen LogP contribution in [0.4, 0.5) is 5.69 Å². The first-order valence-electron chi connectivity index (χ1n) is 11.0. The van der Waals surface area contributed by atoms with Crippen LogP contribution in [0.3, 0.4) is 0 Å². The van der Waals surface area contributed by atoms with Crippen molar-refractivity contribution in [2.24, 2.45) is 0 Å². The Kier molecular flexibility index (Phi) is 7.64. The molecule has 0 unspecified atom stereocenters. The van der Waals surface area contributed by atoms with Gasteiger partial charge in [0.15, 0.2) is 6.61 Å². The molecule has 1 aliphatic rings. The summed E-state index contributed by atoms with van der Waals surface area (Å²) in [5.74, 6) is 1.92. The molecule has 0 radical (unpaired) electrons. The number of amides is 2. The Hall–Kier alpha value is -3.59. The summed E-state index contributed by atoms with van der Waals surface area (Å²) in [5.41, 5.74) is 1.37. The summed E-state index contributed by atoms with van der Waals surface area (Å²) < 4.78 is 15.9. The lowest BCUT2D eigenvalue weighted by Crippen LogP contribution is -2.45. The van der Waals surface area contributed by atoms with Crippen molar-refractivity contribution in [3.05, 3.63) is 53.4 Å². The van der Waals surface area contributed by atoms with E-state index in [1.165, 1.54) is 4.90 Å².